The Morgan fingerprint density at radius 2 is 1.76 bits per heavy atom. The van der Waals surface area contributed by atoms with Gasteiger partial charge in [-0.1, -0.05) is 5.57 Å². The van der Waals surface area contributed by atoms with E-state index in [9.17, 15) is 4.79 Å². The minimum atomic E-state index is 0.0583. The van der Waals surface area contributed by atoms with Gasteiger partial charge in [0.25, 0.3) is 0 Å². The van der Waals surface area contributed by atoms with Crippen molar-refractivity contribution in [3.63, 3.8) is 0 Å². The molecule has 0 aromatic carbocycles. The summed E-state index contributed by atoms with van der Waals surface area (Å²) in [5.41, 5.74) is 1.68. The number of nitrogens with one attached hydrogen (secondary N) is 1. The third kappa shape index (κ3) is 3.18. The van der Waals surface area contributed by atoms with E-state index in [2.05, 4.69) is 12.2 Å². The Labute approximate surface area is 128 Å². The molecule has 0 aromatic rings. The highest BCUT2D eigenvalue weighted by molar-refractivity contribution is 5.88. The Balaban J connectivity index is 1.60. The zero-order valence-electron chi connectivity index (χ0n) is 13.5. The summed E-state index contributed by atoms with van der Waals surface area (Å²) in [5, 5.41) is 2.94. The largest absolute Gasteiger partial charge is 0.380 e. The molecule has 118 valence electrons. The molecule has 0 aliphatic heterocycles. The first-order valence-electron chi connectivity index (χ1n) is 8.65. The standard InChI is InChI=1S/C18H29NO2/c1-3-21-5-4-19-17(20)6-13(2)18-10-14-7-15(11-18)9-16(8-14)12-18/h6,14-16H,3-5,7-12H2,1-2H3,(H,19,20)/b13-6-. The van der Waals surface area contributed by atoms with Crippen LogP contribution < -0.4 is 5.32 Å². The Bertz CT molecular complexity index is 392. The zero-order valence-corrected chi connectivity index (χ0v) is 13.5. The first kappa shape index (κ1) is 15.1. The number of amides is 1. The fraction of sp³-hybridized carbons (Fsp3) is 0.833. The van der Waals surface area contributed by atoms with Crippen LogP contribution in [0.5, 0.6) is 0 Å². The van der Waals surface area contributed by atoms with E-state index in [4.69, 9.17) is 4.74 Å². The van der Waals surface area contributed by atoms with Crippen molar-refractivity contribution < 1.29 is 9.53 Å². The molecule has 3 nitrogen and oxygen atoms in total. The highest BCUT2D eigenvalue weighted by Crippen LogP contribution is 2.62. The number of rotatable bonds is 6. The van der Waals surface area contributed by atoms with Gasteiger partial charge >= 0.3 is 0 Å². The van der Waals surface area contributed by atoms with Gasteiger partial charge in [-0.15, -0.1) is 0 Å². The highest BCUT2D eigenvalue weighted by atomic mass is 16.5. The molecule has 0 atom stereocenters. The summed E-state index contributed by atoms with van der Waals surface area (Å²) in [7, 11) is 0. The van der Waals surface area contributed by atoms with Crippen LogP contribution in [0.3, 0.4) is 0 Å². The van der Waals surface area contributed by atoms with Crippen molar-refractivity contribution in [1.82, 2.24) is 5.32 Å². The maximum Gasteiger partial charge on any atom is 0.244 e. The molecule has 0 heterocycles. The number of carbonyl (C=O) groups excluding carboxylic acids is 1. The summed E-state index contributed by atoms with van der Waals surface area (Å²) in [5.74, 6) is 2.85. The van der Waals surface area contributed by atoms with E-state index in [0.717, 1.165) is 17.8 Å². The SMILES string of the molecule is CCOCCNC(=O)/C=C(/C)C12CC3CC(CC(C3)C1)C2. The lowest BCUT2D eigenvalue weighted by atomic mass is 9.48. The second kappa shape index (κ2) is 6.12. The van der Waals surface area contributed by atoms with Crippen molar-refractivity contribution in [2.24, 2.45) is 23.2 Å². The number of ether oxygens (including phenoxy) is 1. The van der Waals surface area contributed by atoms with Crippen LogP contribution in [0, 0.1) is 23.2 Å². The summed E-state index contributed by atoms with van der Waals surface area (Å²) in [6.07, 6.45) is 10.2. The summed E-state index contributed by atoms with van der Waals surface area (Å²) < 4.78 is 5.25. The molecular weight excluding hydrogens is 262 g/mol. The smallest absolute Gasteiger partial charge is 0.244 e. The van der Waals surface area contributed by atoms with Crippen molar-refractivity contribution in [2.75, 3.05) is 19.8 Å². The molecule has 4 bridgehead atoms. The maximum atomic E-state index is 12.1. The van der Waals surface area contributed by atoms with Crippen LogP contribution in [-0.4, -0.2) is 25.7 Å². The van der Waals surface area contributed by atoms with Gasteiger partial charge in [0.1, 0.15) is 0 Å². The second-order valence-electron chi connectivity index (χ2n) is 7.51. The van der Waals surface area contributed by atoms with Crippen molar-refractivity contribution in [1.29, 1.82) is 0 Å². The average molecular weight is 291 g/mol. The van der Waals surface area contributed by atoms with Crippen molar-refractivity contribution in [3.8, 4) is 0 Å². The fourth-order valence-electron chi connectivity index (χ4n) is 5.39. The minimum absolute atomic E-state index is 0.0583. The lowest BCUT2D eigenvalue weighted by molar-refractivity contribution is -0.117. The van der Waals surface area contributed by atoms with Crippen LogP contribution in [-0.2, 0) is 9.53 Å². The lowest BCUT2D eigenvalue weighted by Crippen LogP contribution is -2.46. The van der Waals surface area contributed by atoms with Gasteiger partial charge in [-0.3, -0.25) is 4.79 Å². The molecule has 0 aromatic heterocycles. The summed E-state index contributed by atoms with van der Waals surface area (Å²) in [4.78, 5) is 12.1. The molecule has 0 spiro atoms. The second-order valence-corrected chi connectivity index (χ2v) is 7.51. The van der Waals surface area contributed by atoms with Gasteiger partial charge in [0.05, 0.1) is 6.61 Å². The van der Waals surface area contributed by atoms with Crippen molar-refractivity contribution in [3.05, 3.63) is 11.6 Å². The third-order valence-corrected chi connectivity index (χ3v) is 5.97. The molecule has 4 rings (SSSR count). The Kier molecular flexibility index (Phi) is 4.39. The molecule has 4 fully saturated rings. The zero-order chi connectivity index (χ0) is 14.9. The van der Waals surface area contributed by atoms with E-state index in [1.54, 1.807) is 0 Å². The monoisotopic (exact) mass is 291 g/mol. The van der Waals surface area contributed by atoms with Gasteiger partial charge in [0.2, 0.25) is 5.91 Å². The molecule has 4 aliphatic carbocycles. The van der Waals surface area contributed by atoms with Crippen LogP contribution in [0.1, 0.15) is 52.4 Å². The summed E-state index contributed by atoms with van der Waals surface area (Å²) in [6.45, 7) is 6.08. The maximum absolute atomic E-state index is 12.1. The van der Waals surface area contributed by atoms with E-state index in [-0.39, 0.29) is 5.91 Å². The predicted octanol–water partition coefficient (Wildman–Crippen LogP) is 3.30. The van der Waals surface area contributed by atoms with E-state index >= 15 is 0 Å². The first-order chi connectivity index (χ1) is 10.1. The van der Waals surface area contributed by atoms with E-state index in [1.807, 2.05) is 13.0 Å². The first-order valence-corrected chi connectivity index (χ1v) is 8.65. The Morgan fingerprint density at radius 3 is 2.29 bits per heavy atom. The molecule has 3 heteroatoms. The normalized spacial score (nSPS) is 37.8. The number of allylic oxidation sites excluding steroid dienone is 1. The Morgan fingerprint density at radius 1 is 1.19 bits per heavy atom. The molecule has 21 heavy (non-hydrogen) atoms. The van der Waals surface area contributed by atoms with Crippen molar-refractivity contribution in [2.45, 2.75) is 52.4 Å². The van der Waals surface area contributed by atoms with E-state index in [1.165, 1.54) is 44.1 Å². The molecule has 4 saturated carbocycles. The lowest BCUT2D eigenvalue weighted by Gasteiger charge is -2.57. The van der Waals surface area contributed by atoms with Gasteiger partial charge < -0.3 is 10.1 Å². The highest BCUT2D eigenvalue weighted by Gasteiger charge is 2.51. The minimum Gasteiger partial charge on any atom is -0.380 e. The molecule has 1 amide bonds. The van der Waals surface area contributed by atoms with Gasteiger partial charge in [-0.25, -0.2) is 0 Å². The van der Waals surface area contributed by atoms with Crippen LogP contribution in [0.2, 0.25) is 0 Å². The fourth-order valence-corrected chi connectivity index (χ4v) is 5.39. The average Bonchev–Trinajstić information content (AvgIpc) is 2.42. The van der Waals surface area contributed by atoms with Crippen molar-refractivity contribution >= 4 is 5.91 Å². The van der Waals surface area contributed by atoms with Gasteiger partial charge in [-0.2, -0.15) is 0 Å². The third-order valence-electron chi connectivity index (χ3n) is 5.97. The van der Waals surface area contributed by atoms with Crippen LogP contribution >= 0.6 is 0 Å². The van der Waals surface area contributed by atoms with Crippen LogP contribution in [0.25, 0.3) is 0 Å². The molecular formula is C18H29NO2. The van der Waals surface area contributed by atoms with Crippen LogP contribution in [0.15, 0.2) is 11.6 Å². The summed E-state index contributed by atoms with van der Waals surface area (Å²) in [6, 6.07) is 0. The molecule has 1 N–H and O–H groups in total. The predicted molar refractivity (Wildman–Crippen MR) is 83.9 cm³/mol. The quantitative estimate of drug-likeness (QED) is 0.602. The molecule has 4 aliphatic rings. The van der Waals surface area contributed by atoms with Gasteiger partial charge in [0.15, 0.2) is 0 Å². The molecule has 0 radical (unpaired) electrons. The number of hydrogen-bond acceptors (Lipinski definition) is 2. The summed E-state index contributed by atoms with van der Waals surface area (Å²) >= 11 is 0. The van der Waals surface area contributed by atoms with Gasteiger partial charge in [-0.05, 0) is 75.5 Å². The topological polar surface area (TPSA) is 38.3 Å². The van der Waals surface area contributed by atoms with E-state index < -0.39 is 0 Å². The van der Waals surface area contributed by atoms with Gasteiger partial charge in [0, 0.05) is 19.2 Å². The van der Waals surface area contributed by atoms with Crippen LogP contribution in [0.4, 0.5) is 0 Å². The number of carbonyl (C=O) groups is 1. The molecule has 0 saturated heterocycles. The Hall–Kier alpha value is -0.830. The number of hydrogen-bond donors (Lipinski definition) is 1. The van der Waals surface area contributed by atoms with E-state index in [0.29, 0.717) is 25.2 Å². The molecule has 0 unspecified atom stereocenters.